The molecule has 0 radical (unpaired) electrons. The van der Waals surface area contributed by atoms with E-state index in [-0.39, 0.29) is 0 Å². The lowest BCUT2D eigenvalue weighted by Crippen LogP contribution is -2.32. The van der Waals surface area contributed by atoms with Crippen molar-refractivity contribution in [1.82, 2.24) is 5.32 Å². The predicted molar refractivity (Wildman–Crippen MR) is 52.1 cm³/mol. The molecule has 70 valence electrons. The van der Waals surface area contributed by atoms with Crippen molar-refractivity contribution in [3.8, 4) is 0 Å². The molecule has 2 saturated carbocycles. The fraction of sp³-hybridized carbons (Fsp3) is 1.00. The highest BCUT2D eigenvalue weighted by Crippen LogP contribution is 2.40. The van der Waals surface area contributed by atoms with Crippen LogP contribution in [0.1, 0.15) is 44.9 Å². The van der Waals surface area contributed by atoms with Crippen LogP contribution in [0.5, 0.6) is 0 Å². The van der Waals surface area contributed by atoms with Crippen molar-refractivity contribution in [2.45, 2.75) is 51.0 Å². The van der Waals surface area contributed by atoms with Gasteiger partial charge in [0.15, 0.2) is 0 Å². The van der Waals surface area contributed by atoms with E-state index in [4.69, 9.17) is 0 Å². The summed E-state index contributed by atoms with van der Waals surface area (Å²) in [6, 6.07) is 0.855. The molecule has 1 nitrogen and oxygen atoms in total. The normalized spacial score (nSPS) is 37.8. The molecular formula is C11H21N. The molecule has 0 aromatic rings. The van der Waals surface area contributed by atoms with Crippen LogP contribution < -0.4 is 5.32 Å². The van der Waals surface area contributed by atoms with Crippen LogP contribution in [0.2, 0.25) is 0 Å². The van der Waals surface area contributed by atoms with Gasteiger partial charge in [0, 0.05) is 6.04 Å². The minimum Gasteiger partial charge on any atom is -0.317 e. The molecule has 1 N–H and O–H groups in total. The van der Waals surface area contributed by atoms with Crippen molar-refractivity contribution >= 4 is 0 Å². The molecule has 0 aromatic heterocycles. The second-order valence-electron chi connectivity index (χ2n) is 4.53. The molecule has 0 aliphatic heterocycles. The third-order valence-corrected chi connectivity index (χ3v) is 3.95. The van der Waals surface area contributed by atoms with Crippen LogP contribution in [0.25, 0.3) is 0 Å². The number of hydrogen-bond donors (Lipinski definition) is 1. The lowest BCUT2D eigenvalue weighted by Gasteiger charge is -2.24. The van der Waals surface area contributed by atoms with Gasteiger partial charge in [-0.2, -0.15) is 0 Å². The maximum Gasteiger partial charge on any atom is 0.00949 e. The molecule has 0 bridgehead atoms. The van der Waals surface area contributed by atoms with E-state index < -0.39 is 0 Å². The van der Waals surface area contributed by atoms with Gasteiger partial charge in [0.25, 0.3) is 0 Å². The Morgan fingerprint density at radius 2 is 1.67 bits per heavy atom. The van der Waals surface area contributed by atoms with Gasteiger partial charge in [-0.3, -0.25) is 0 Å². The Labute approximate surface area is 75.9 Å². The summed E-state index contributed by atoms with van der Waals surface area (Å²) in [6.45, 7) is 0. The lowest BCUT2D eigenvalue weighted by atomic mass is 9.87. The molecule has 2 fully saturated rings. The molecule has 0 heterocycles. The van der Waals surface area contributed by atoms with E-state index in [1.807, 2.05) is 0 Å². The van der Waals surface area contributed by atoms with Crippen LogP contribution in [0.3, 0.4) is 0 Å². The lowest BCUT2D eigenvalue weighted by molar-refractivity contribution is 0.292. The van der Waals surface area contributed by atoms with Crippen molar-refractivity contribution in [2.75, 3.05) is 7.05 Å². The molecule has 0 saturated heterocycles. The number of hydrogen-bond acceptors (Lipinski definition) is 1. The van der Waals surface area contributed by atoms with Gasteiger partial charge in [0.2, 0.25) is 0 Å². The van der Waals surface area contributed by atoms with E-state index in [1.54, 1.807) is 0 Å². The van der Waals surface area contributed by atoms with Crippen molar-refractivity contribution in [2.24, 2.45) is 11.8 Å². The summed E-state index contributed by atoms with van der Waals surface area (Å²) in [7, 11) is 2.14. The molecule has 2 rings (SSSR count). The molecule has 2 aliphatic rings. The first kappa shape index (κ1) is 8.55. The first-order chi connectivity index (χ1) is 5.92. The second kappa shape index (κ2) is 3.78. The predicted octanol–water partition coefficient (Wildman–Crippen LogP) is 2.56. The topological polar surface area (TPSA) is 12.0 Å². The summed E-state index contributed by atoms with van der Waals surface area (Å²) in [4.78, 5) is 0. The molecule has 2 aliphatic carbocycles. The van der Waals surface area contributed by atoms with Crippen molar-refractivity contribution in [1.29, 1.82) is 0 Å². The van der Waals surface area contributed by atoms with E-state index in [0.29, 0.717) is 0 Å². The quantitative estimate of drug-likeness (QED) is 0.666. The van der Waals surface area contributed by atoms with E-state index in [1.165, 1.54) is 44.9 Å². The fourth-order valence-electron chi connectivity index (χ4n) is 3.30. The first-order valence-electron chi connectivity index (χ1n) is 5.59. The van der Waals surface area contributed by atoms with Gasteiger partial charge < -0.3 is 5.32 Å². The highest BCUT2D eigenvalue weighted by molar-refractivity contribution is 4.88. The minimum absolute atomic E-state index is 0.855. The third-order valence-electron chi connectivity index (χ3n) is 3.95. The molecule has 0 amide bonds. The second-order valence-corrected chi connectivity index (χ2v) is 4.53. The smallest absolute Gasteiger partial charge is 0.00949 e. The van der Waals surface area contributed by atoms with Crippen LogP contribution in [-0.4, -0.2) is 13.1 Å². The largest absolute Gasteiger partial charge is 0.317 e. The maximum atomic E-state index is 3.49. The van der Waals surface area contributed by atoms with Crippen LogP contribution in [-0.2, 0) is 0 Å². The molecular weight excluding hydrogens is 146 g/mol. The molecule has 2 unspecified atom stereocenters. The van der Waals surface area contributed by atoms with Crippen LogP contribution in [0, 0.1) is 11.8 Å². The molecule has 0 spiro atoms. The first-order valence-corrected chi connectivity index (χ1v) is 5.59. The van der Waals surface area contributed by atoms with Crippen LogP contribution >= 0.6 is 0 Å². The monoisotopic (exact) mass is 167 g/mol. The van der Waals surface area contributed by atoms with Gasteiger partial charge in [0.05, 0.1) is 0 Å². The third kappa shape index (κ3) is 1.52. The standard InChI is InChI=1S/C11H21N/c1-12-11-8-4-7-10(11)9-5-2-3-6-9/h9-12H,2-8H2,1H3. The average Bonchev–Trinajstić information content (AvgIpc) is 2.74. The van der Waals surface area contributed by atoms with E-state index in [9.17, 15) is 0 Å². The van der Waals surface area contributed by atoms with Gasteiger partial charge in [0.1, 0.15) is 0 Å². The molecule has 12 heavy (non-hydrogen) atoms. The Kier molecular flexibility index (Phi) is 2.69. The Bertz CT molecular complexity index is 138. The Balaban J connectivity index is 1.92. The van der Waals surface area contributed by atoms with Crippen molar-refractivity contribution < 1.29 is 0 Å². The summed E-state index contributed by atoms with van der Waals surface area (Å²) < 4.78 is 0. The van der Waals surface area contributed by atoms with Gasteiger partial charge in [-0.15, -0.1) is 0 Å². The zero-order valence-corrected chi connectivity index (χ0v) is 8.18. The highest BCUT2D eigenvalue weighted by Gasteiger charge is 2.33. The van der Waals surface area contributed by atoms with Gasteiger partial charge in [-0.05, 0) is 31.7 Å². The van der Waals surface area contributed by atoms with Crippen molar-refractivity contribution in [3.05, 3.63) is 0 Å². The van der Waals surface area contributed by atoms with E-state index in [2.05, 4.69) is 12.4 Å². The zero-order valence-electron chi connectivity index (χ0n) is 8.18. The van der Waals surface area contributed by atoms with Gasteiger partial charge in [-0.1, -0.05) is 32.1 Å². The SMILES string of the molecule is CNC1CCCC1C1CCCC1. The molecule has 1 heteroatoms. The van der Waals surface area contributed by atoms with Crippen LogP contribution in [0.4, 0.5) is 0 Å². The van der Waals surface area contributed by atoms with E-state index >= 15 is 0 Å². The Morgan fingerprint density at radius 3 is 2.33 bits per heavy atom. The molecule has 2 atom stereocenters. The summed E-state index contributed by atoms with van der Waals surface area (Å²) in [5.41, 5.74) is 0. The van der Waals surface area contributed by atoms with Gasteiger partial charge >= 0.3 is 0 Å². The Hall–Kier alpha value is -0.0400. The van der Waals surface area contributed by atoms with Gasteiger partial charge in [-0.25, -0.2) is 0 Å². The van der Waals surface area contributed by atoms with Crippen LogP contribution in [0.15, 0.2) is 0 Å². The number of rotatable bonds is 2. The fourth-order valence-corrected chi connectivity index (χ4v) is 3.30. The summed E-state index contributed by atoms with van der Waals surface area (Å²) >= 11 is 0. The van der Waals surface area contributed by atoms with Crippen molar-refractivity contribution in [3.63, 3.8) is 0 Å². The van der Waals surface area contributed by atoms with E-state index in [0.717, 1.165) is 17.9 Å². The average molecular weight is 167 g/mol. The zero-order chi connectivity index (χ0) is 8.39. The highest BCUT2D eigenvalue weighted by atomic mass is 14.9. The minimum atomic E-state index is 0.855. The Morgan fingerprint density at radius 1 is 0.917 bits per heavy atom. The summed E-state index contributed by atoms with van der Waals surface area (Å²) in [6.07, 6.45) is 10.4. The summed E-state index contributed by atoms with van der Waals surface area (Å²) in [5.74, 6) is 2.10. The summed E-state index contributed by atoms with van der Waals surface area (Å²) in [5, 5.41) is 3.49. The molecule has 0 aromatic carbocycles. The maximum absolute atomic E-state index is 3.49. The number of nitrogens with one attached hydrogen (secondary N) is 1.